The molecule has 2 aromatic carbocycles. The van der Waals surface area contributed by atoms with Gasteiger partial charge in [0.1, 0.15) is 0 Å². The van der Waals surface area contributed by atoms with Crippen LogP contribution in [0.2, 0.25) is 15.1 Å². The summed E-state index contributed by atoms with van der Waals surface area (Å²) >= 11 is 18.0. The molecule has 1 heterocycles. The van der Waals surface area contributed by atoms with Gasteiger partial charge in [0, 0.05) is 26.2 Å². The second kappa shape index (κ2) is 9.20. The maximum atomic E-state index is 12.7. The van der Waals surface area contributed by atoms with Crippen LogP contribution in [0.5, 0.6) is 0 Å². The fourth-order valence-electron chi connectivity index (χ4n) is 3.09. The predicted octanol–water partition coefficient (Wildman–Crippen LogP) is 3.98. The molecule has 1 N–H and O–H groups in total. The van der Waals surface area contributed by atoms with Gasteiger partial charge in [0.25, 0.3) is 0 Å². The average molecular weight is 477 g/mol. The number of nitrogens with one attached hydrogen (secondary N) is 1. The molecule has 0 unspecified atom stereocenters. The van der Waals surface area contributed by atoms with E-state index in [2.05, 4.69) is 5.32 Å². The van der Waals surface area contributed by atoms with Gasteiger partial charge in [0.2, 0.25) is 15.9 Å². The number of carbonyl (C=O) groups is 1. The van der Waals surface area contributed by atoms with E-state index in [1.807, 2.05) is 4.90 Å². The summed E-state index contributed by atoms with van der Waals surface area (Å²) in [4.78, 5) is 14.8. The maximum Gasteiger partial charge on any atom is 0.243 e. The van der Waals surface area contributed by atoms with Crippen molar-refractivity contribution in [2.24, 2.45) is 0 Å². The number of hydrogen-bond acceptors (Lipinski definition) is 4. The molecule has 1 atom stereocenters. The number of piperazine rings is 1. The van der Waals surface area contributed by atoms with Crippen LogP contribution in [0.15, 0.2) is 47.4 Å². The lowest BCUT2D eigenvalue weighted by Gasteiger charge is -2.36. The molecule has 0 spiro atoms. The van der Waals surface area contributed by atoms with Crippen LogP contribution in [-0.4, -0.2) is 55.8 Å². The van der Waals surface area contributed by atoms with Crippen LogP contribution in [0.3, 0.4) is 0 Å². The average Bonchev–Trinajstić information content (AvgIpc) is 2.72. The maximum absolute atomic E-state index is 12.7. The highest BCUT2D eigenvalue weighted by Crippen LogP contribution is 2.32. The van der Waals surface area contributed by atoms with Gasteiger partial charge in [-0.3, -0.25) is 9.69 Å². The zero-order valence-electron chi connectivity index (χ0n) is 15.6. The minimum atomic E-state index is -3.53. The van der Waals surface area contributed by atoms with Gasteiger partial charge < -0.3 is 5.32 Å². The standard InChI is InChI=1S/C19H20Cl3N3O3S/c1-13(19(26)23-18-12-16(21)15(20)11-17(18)22)24-7-9-25(10-8-24)29(27,28)14-5-3-2-4-6-14/h2-6,11-13H,7-10H2,1H3,(H,23,26)/t13-/m1/s1. The molecule has 29 heavy (non-hydrogen) atoms. The third-order valence-corrected chi connectivity index (χ3v) is 7.80. The van der Waals surface area contributed by atoms with Gasteiger partial charge in [0.15, 0.2) is 0 Å². The summed E-state index contributed by atoms with van der Waals surface area (Å²) in [5.74, 6) is -0.260. The van der Waals surface area contributed by atoms with E-state index < -0.39 is 16.1 Å². The Morgan fingerprint density at radius 3 is 2.17 bits per heavy atom. The highest BCUT2D eigenvalue weighted by atomic mass is 35.5. The van der Waals surface area contributed by atoms with E-state index in [-0.39, 0.29) is 10.8 Å². The largest absolute Gasteiger partial charge is 0.323 e. The molecule has 1 aliphatic rings. The van der Waals surface area contributed by atoms with Gasteiger partial charge in [0.05, 0.1) is 31.7 Å². The monoisotopic (exact) mass is 475 g/mol. The van der Waals surface area contributed by atoms with Crippen molar-refractivity contribution in [3.8, 4) is 0 Å². The molecule has 0 aromatic heterocycles. The van der Waals surface area contributed by atoms with Crippen LogP contribution in [0.1, 0.15) is 6.92 Å². The number of anilines is 1. The number of nitrogens with zero attached hydrogens (tertiary/aromatic N) is 2. The summed E-state index contributed by atoms with van der Waals surface area (Å²) < 4.78 is 26.9. The first kappa shape index (κ1) is 22.3. The SMILES string of the molecule is C[C@H](C(=O)Nc1cc(Cl)c(Cl)cc1Cl)N1CCN(S(=O)(=O)c2ccccc2)CC1. The van der Waals surface area contributed by atoms with E-state index in [0.717, 1.165) is 0 Å². The van der Waals surface area contributed by atoms with Crippen molar-refractivity contribution in [1.82, 2.24) is 9.21 Å². The van der Waals surface area contributed by atoms with Crippen LogP contribution < -0.4 is 5.32 Å². The summed E-state index contributed by atoms with van der Waals surface area (Å²) in [6, 6.07) is 10.8. The van der Waals surface area contributed by atoms with Gasteiger partial charge in [-0.1, -0.05) is 53.0 Å². The van der Waals surface area contributed by atoms with Crippen molar-refractivity contribution < 1.29 is 13.2 Å². The molecule has 1 aliphatic heterocycles. The third kappa shape index (κ3) is 5.05. The fraction of sp³-hybridized carbons (Fsp3) is 0.316. The molecule has 1 fully saturated rings. The zero-order valence-corrected chi connectivity index (χ0v) is 18.7. The van der Waals surface area contributed by atoms with Crippen molar-refractivity contribution in [2.75, 3.05) is 31.5 Å². The minimum Gasteiger partial charge on any atom is -0.323 e. The van der Waals surface area contributed by atoms with E-state index >= 15 is 0 Å². The molecular weight excluding hydrogens is 457 g/mol. The quantitative estimate of drug-likeness (QED) is 0.663. The smallest absolute Gasteiger partial charge is 0.243 e. The lowest BCUT2D eigenvalue weighted by atomic mass is 10.2. The number of sulfonamides is 1. The van der Waals surface area contributed by atoms with Crippen molar-refractivity contribution in [3.05, 3.63) is 57.5 Å². The van der Waals surface area contributed by atoms with Gasteiger partial charge in [-0.05, 0) is 31.2 Å². The van der Waals surface area contributed by atoms with Crippen LogP contribution in [0.25, 0.3) is 0 Å². The van der Waals surface area contributed by atoms with Gasteiger partial charge in [-0.2, -0.15) is 4.31 Å². The Morgan fingerprint density at radius 1 is 0.966 bits per heavy atom. The lowest BCUT2D eigenvalue weighted by Crippen LogP contribution is -2.53. The van der Waals surface area contributed by atoms with Gasteiger partial charge in [-0.25, -0.2) is 8.42 Å². The number of benzene rings is 2. The van der Waals surface area contributed by atoms with Crippen LogP contribution >= 0.6 is 34.8 Å². The van der Waals surface area contributed by atoms with Crippen molar-refractivity contribution in [1.29, 1.82) is 0 Å². The third-order valence-electron chi connectivity index (χ3n) is 4.85. The summed E-state index contributed by atoms with van der Waals surface area (Å²) in [6.07, 6.45) is 0. The summed E-state index contributed by atoms with van der Waals surface area (Å²) in [5, 5.41) is 3.64. The lowest BCUT2D eigenvalue weighted by molar-refractivity contribution is -0.121. The normalized spacial score (nSPS) is 17.1. The Morgan fingerprint density at radius 2 is 1.55 bits per heavy atom. The molecule has 156 valence electrons. The molecule has 0 bridgehead atoms. The number of rotatable bonds is 5. The number of carbonyl (C=O) groups excluding carboxylic acids is 1. The van der Waals surface area contributed by atoms with Crippen molar-refractivity contribution in [3.63, 3.8) is 0 Å². The van der Waals surface area contributed by atoms with E-state index in [0.29, 0.717) is 46.9 Å². The van der Waals surface area contributed by atoms with Gasteiger partial charge in [-0.15, -0.1) is 0 Å². The Hall–Kier alpha value is -1.35. The molecular formula is C19H20Cl3N3O3S. The molecule has 1 saturated heterocycles. The highest BCUT2D eigenvalue weighted by molar-refractivity contribution is 7.89. The molecule has 0 aliphatic carbocycles. The summed E-state index contributed by atoms with van der Waals surface area (Å²) in [5.41, 5.74) is 0.378. The van der Waals surface area contributed by atoms with Crippen molar-refractivity contribution in [2.45, 2.75) is 17.9 Å². The molecule has 1 amide bonds. The fourth-order valence-corrected chi connectivity index (χ4v) is 5.13. The molecule has 3 rings (SSSR count). The second-order valence-electron chi connectivity index (χ2n) is 6.66. The Kier molecular flexibility index (Phi) is 7.09. The van der Waals surface area contributed by atoms with Crippen LogP contribution in [-0.2, 0) is 14.8 Å². The molecule has 6 nitrogen and oxygen atoms in total. The topological polar surface area (TPSA) is 69.7 Å². The van der Waals surface area contributed by atoms with E-state index in [1.54, 1.807) is 37.3 Å². The second-order valence-corrected chi connectivity index (χ2v) is 9.82. The summed E-state index contributed by atoms with van der Waals surface area (Å²) in [7, 11) is -3.53. The number of hydrogen-bond donors (Lipinski definition) is 1. The van der Waals surface area contributed by atoms with E-state index in [1.165, 1.54) is 16.4 Å². The molecule has 0 saturated carbocycles. The first-order chi connectivity index (χ1) is 13.7. The van der Waals surface area contributed by atoms with E-state index in [4.69, 9.17) is 34.8 Å². The Bertz CT molecular complexity index is 995. The van der Waals surface area contributed by atoms with Gasteiger partial charge >= 0.3 is 0 Å². The molecule has 2 aromatic rings. The minimum absolute atomic E-state index is 0.260. The van der Waals surface area contributed by atoms with E-state index in [9.17, 15) is 13.2 Å². The summed E-state index contributed by atoms with van der Waals surface area (Å²) in [6.45, 7) is 3.26. The van der Waals surface area contributed by atoms with Crippen LogP contribution in [0, 0.1) is 0 Å². The number of amides is 1. The Balaban J connectivity index is 1.62. The number of halogens is 3. The predicted molar refractivity (Wildman–Crippen MR) is 116 cm³/mol. The van der Waals surface area contributed by atoms with Crippen LogP contribution in [0.4, 0.5) is 5.69 Å². The van der Waals surface area contributed by atoms with Crippen molar-refractivity contribution >= 4 is 56.4 Å². The zero-order chi connectivity index (χ0) is 21.2. The first-order valence-corrected chi connectivity index (χ1v) is 11.5. The molecule has 0 radical (unpaired) electrons. The Labute approximate surface area is 185 Å². The highest BCUT2D eigenvalue weighted by Gasteiger charge is 2.31. The molecule has 10 heteroatoms. The first-order valence-electron chi connectivity index (χ1n) is 8.95.